The van der Waals surface area contributed by atoms with E-state index in [1.54, 1.807) is 12.1 Å². The van der Waals surface area contributed by atoms with Crippen molar-refractivity contribution in [2.24, 2.45) is 0 Å². The Kier molecular flexibility index (Phi) is 7.88. The summed E-state index contributed by atoms with van der Waals surface area (Å²) in [5, 5.41) is 3.13. The number of carbonyl (C=O) groups is 1. The van der Waals surface area contributed by atoms with Gasteiger partial charge in [0.25, 0.3) is 5.91 Å². The van der Waals surface area contributed by atoms with Crippen LogP contribution >= 0.6 is 0 Å². The zero-order valence-corrected chi connectivity index (χ0v) is 20.6. The summed E-state index contributed by atoms with van der Waals surface area (Å²) >= 11 is 0. The molecular formula is C25H33N3O5S. The van der Waals surface area contributed by atoms with Gasteiger partial charge in [0, 0.05) is 38.3 Å². The van der Waals surface area contributed by atoms with E-state index in [9.17, 15) is 13.2 Å². The van der Waals surface area contributed by atoms with Gasteiger partial charge in [0.15, 0.2) is 0 Å². The van der Waals surface area contributed by atoms with Crippen molar-refractivity contribution in [1.29, 1.82) is 0 Å². The zero-order chi connectivity index (χ0) is 24.1. The van der Waals surface area contributed by atoms with Gasteiger partial charge >= 0.3 is 0 Å². The molecule has 0 radical (unpaired) electrons. The maximum atomic E-state index is 13.3. The topological polar surface area (TPSA) is 88.2 Å². The van der Waals surface area contributed by atoms with E-state index in [0.29, 0.717) is 32.8 Å². The molecule has 1 amide bonds. The average molecular weight is 488 g/mol. The Morgan fingerprint density at radius 1 is 1.06 bits per heavy atom. The summed E-state index contributed by atoms with van der Waals surface area (Å²) < 4.78 is 38.7. The number of nitrogens with zero attached hydrogens (tertiary/aromatic N) is 2. The van der Waals surface area contributed by atoms with E-state index in [2.05, 4.69) is 10.2 Å². The molecule has 1 N–H and O–H groups in total. The number of nitrogens with one attached hydrogen (secondary N) is 1. The second-order valence-corrected chi connectivity index (χ2v) is 10.7. The van der Waals surface area contributed by atoms with Crippen LogP contribution in [0.25, 0.3) is 0 Å². The van der Waals surface area contributed by atoms with E-state index >= 15 is 0 Å². The van der Waals surface area contributed by atoms with Crippen LogP contribution in [0.3, 0.4) is 0 Å². The van der Waals surface area contributed by atoms with Gasteiger partial charge in [-0.1, -0.05) is 29.8 Å². The van der Waals surface area contributed by atoms with Gasteiger partial charge in [0.2, 0.25) is 10.0 Å². The van der Waals surface area contributed by atoms with Gasteiger partial charge in [0.05, 0.1) is 26.4 Å². The summed E-state index contributed by atoms with van der Waals surface area (Å²) in [5.41, 5.74) is 2.44. The number of sulfonamides is 1. The minimum absolute atomic E-state index is 0.0321. The molecule has 9 heteroatoms. The summed E-state index contributed by atoms with van der Waals surface area (Å²) in [5.74, 6) is -0.0776. The molecular weight excluding hydrogens is 454 g/mol. The van der Waals surface area contributed by atoms with Gasteiger partial charge in [0.1, 0.15) is 10.6 Å². The number of benzene rings is 2. The second-order valence-electron chi connectivity index (χ2n) is 8.83. The van der Waals surface area contributed by atoms with E-state index in [1.165, 1.54) is 17.5 Å². The van der Waals surface area contributed by atoms with E-state index in [0.717, 1.165) is 37.1 Å². The van der Waals surface area contributed by atoms with Crippen LogP contribution in [0, 0.1) is 6.92 Å². The predicted molar refractivity (Wildman–Crippen MR) is 130 cm³/mol. The minimum Gasteiger partial charge on any atom is -0.495 e. The molecule has 2 aliphatic rings. The first-order chi connectivity index (χ1) is 16.4. The fourth-order valence-electron chi connectivity index (χ4n) is 4.40. The summed E-state index contributed by atoms with van der Waals surface area (Å²) in [6.07, 6.45) is 1.67. The molecule has 1 unspecified atom stereocenters. The molecule has 2 aliphatic heterocycles. The fraction of sp³-hybridized carbons (Fsp3) is 0.480. The normalized spacial score (nSPS) is 18.5. The lowest BCUT2D eigenvalue weighted by Gasteiger charge is -2.31. The molecule has 184 valence electrons. The lowest BCUT2D eigenvalue weighted by atomic mass is 10.0. The first-order valence-electron chi connectivity index (χ1n) is 11.7. The van der Waals surface area contributed by atoms with E-state index < -0.39 is 10.0 Å². The molecule has 2 aromatic rings. The highest BCUT2D eigenvalue weighted by Crippen LogP contribution is 2.30. The van der Waals surface area contributed by atoms with Crippen molar-refractivity contribution < 1.29 is 22.7 Å². The Morgan fingerprint density at radius 2 is 1.74 bits per heavy atom. The van der Waals surface area contributed by atoms with E-state index in [1.807, 2.05) is 31.2 Å². The molecule has 2 heterocycles. The van der Waals surface area contributed by atoms with E-state index in [4.69, 9.17) is 9.47 Å². The molecule has 0 saturated carbocycles. The third kappa shape index (κ3) is 5.60. The number of methoxy groups -OCH3 is 1. The van der Waals surface area contributed by atoms with Crippen molar-refractivity contribution in [3.05, 3.63) is 59.2 Å². The third-order valence-electron chi connectivity index (χ3n) is 6.44. The van der Waals surface area contributed by atoms with Crippen molar-refractivity contribution in [3.8, 4) is 5.75 Å². The lowest BCUT2D eigenvalue weighted by molar-refractivity contribution is 0.0332. The Labute approximate surface area is 201 Å². The van der Waals surface area contributed by atoms with Crippen molar-refractivity contribution >= 4 is 15.9 Å². The van der Waals surface area contributed by atoms with E-state index in [-0.39, 0.29) is 28.2 Å². The van der Waals surface area contributed by atoms with Crippen molar-refractivity contribution in [2.45, 2.75) is 30.7 Å². The Balaban J connectivity index is 1.59. The smallest absolute Gasteiger partial charge is 0.251 e. The first kappa shape index (κ1) is 24.7. The Morgan fingerprint density at radius 3 is 2.38 bits per heavy atom. The maximum Gasteiger partial charge on any atom is 0.251 e. The lowest BCUT2D eigenvalue weighted by Crippen LogP contribution is -2.43. The number of rotatable bonds is 8. The third-order valence-corrected chi connectivity index (χ3v) is 8.36. The molecule has 2 saturated heterocycles. The molecule has 0 aliphatic carbocycles. The van der Waals surface area contributed by atoms with Gasteiger partial charge in [-0.05, 0) is 43.5 Å². The predicted octanol–water partition coefficient (Wildman–Crippen LogP) is 2.59. The number of ether oxygens (including phenoxy) is 2. The minimum atomic E-state index is -3.74. The summed E-state index contributed by atoms with van der Waals surface area (Å²) in [4.78, 5) is 15.6. The standard InChI is InChI=1S/C25H33N3O5S/c1-19-5-7-20(8-6-19)22(18-27-13-15-33-16-14-27)26-25(29)21-9-10-23(32-2)24(17-21)34(30,31)28-11-3-4-12-28/h5-10,17,22H,3-4,11-16,18H2,1-2H3,(H,26,29). The molecule has 4 rings (SSSR count). The van der Waals surface area contributed by atoms with Crippen LogP contribution in [0.2, 0.25) is 0 Å². The SMILES string of the molecule is COc1ccc(C(=O)NC(CN2CCOCC2)c2ccc(C)cc2)cc1S(=O)(=O)N1CCCC1. The first-order valence-corrected chi connectivity index (χ1v) is 13.2. The van der Waals surface area contributed by atoms with Gasteiger partial charge < -0.3 is 14.8 Å². The van der Waals surface area contributed by atoms with Gasteiger partial charge in [-0.3, -0.25) is 9.69 Å². The largest absolute Gasteiger partial charge is 0.495 e. The number of carbonyl (C=O) groups excluding carboxylic acids is 1. The number of hydrogen-bond donors (Lipinski definition) is 1. The van der Waals surface area contributed by atoms with Crippen LogP contribution in [0.1, 0.15) is 40.4 Å². The number of morpholine rings is 1. The highest BCUT2D eigenvalue weighted by atomic mass is 32.2. The second kappa shape index (κ2) is 10.9. The number of hydrogen-bond acceptors (Lipinski definition) is 6. The van der Waals surface area contributed by atoms with Crippen LogP contribution in [0.5, 0.6) is 5.75 Å². The van der Waals surface area contributed by atoms with Crippen molar-refractivity contribution in [1.82, 2.24) is 14.5 Å². The summed E-state index contributed by atoms with van der Waals surface area (Å²) in [6.45, 7) is 6.59. The molecule has 0 bridgehead atoms. The maximum absolute atomic E-state index is 13.3. The highest BCUT2D eigenvalue weighted by Gasteiger charge is 2.31. The van der Waals surface area contributed by atoms with Crippen LogP contribution < -0.4 is 10.1 Å². The van der Waals surface area contributed by atoms with Crippen molar-refractivity contribution in [3.63, 3.8) is 0 Å². The van der Waals surface area contributed by atoms with Gasteiger partial charge in [-0.2, -0.15) is 4.31 Å². The van der Waals surface area contributed by atoms with Crippen LogP contribution in [-0.2, 0) is 14.8 Å². The molecule has 1 atom stereocenters. The summed E-state index contributed by atoms with van der Waals surface area (Å²) in [6, 6.07) is 12.5. The highest BCUT2D eigenvalue weighted by molar-refractivity contribution is 7.89. The van der Waals surface area contributed by atoms with Crippen LogP contribution in [0.15, 0.2) is 47.4 Å². The molecule has 2 aromatic carbocycles. The van der Waals surface area contributed by atoms with Crippen molar-refractivity contribution in [2.75, 3.05) is 53.0 Å². The molecule has 0 aromatic heterocycles. The van der Waals surface area contributed by atoms with Gasteiger partial charge in [-0.15, -0.1) is 0 Å². The molecule has 2 fully saturated rings. The molecule has 0 spiro atoms. The number of amides is 1. The quantitative estimate of drug-likeness (QED) is 0.616. The van der Waals surface area contributed by atoms with Crippen LogP contribution in [0.4, 0.5) is 0 Å². The molecule has 34 heavy (non-hydrogen) atoms. The van der Waals surface area contributed by atoms with Crippen LogP contribution in [-0.4, -0.2) is 76.6 Å². The fourth-order valence-corrected chi connectivity index (χ4v) is 6.10. The van der Waals surface area contributed by atoms with Gasteiger partial charge in [-0.25, -0.2) is 8.42 Å². The Hall–Kier alpha value is -2.46. The average Bonchev–Trinajstić information content (AvgIpc) is 3.40. The summed E-state index contributed by atoms with van der Waals surface area (Å²) in [7, 11) is -2.30. The molecule has 8 nitrogen and oxygen atoms in total. The zero-order valence-electron chi connectivity index (χ0n) is 19.8. The number of aryl methyl sites for hydroxylation is 1. The monoisotopic (exact) mass is 487 g/mol. The Bertz CT molecular complexity index is 1090.